The second-order valence-corrected chi connectivity index (χ2v) is 3.68. The number of aliphatic hydroxyl groups excluding tert-OH is 1. The Balaban J connectivity index is 2.11. The van der Waals surface area contributed by atoms with Gasteiger partial charge in [-0.3, -0.25) is 4.98 Å². The number of hydrogen-bond acceptors (Lipinski definition) is 2. The molecule has 0 saturated heterocycles. The van der Waals surface area contributed by atoms with Crippen LogP contribution in [0.5, 0.6) is 0 Å². The van der Waals surface area contributed by atoms with Crippen molar-refractivity contribution < 1.29 is 5.11 Å². The van der Waals surface area contributed by atoms with E-state index in [0.29, 0.717) is 5.92 Å². The number of aromatic nitrogens is 1. The highest BCUT2D eigenvalue weighted by Crippen LogP contribution is 2.51. The van der Waals surface area contributed by atoms with Gasteiger partial charge in [0.15, 0.2) is 0 Å². The maximum atomic E-state index is 8.94. The summed E-state index contributed by atoms with van der Waals surface area (Å²) < 4.78 is 0. The molecule has 3 rings (SSSR count). The van der Waals surface area contributed by atoms with Gasteiger partial charge in [0.2, 0.25) is 0 Å². The Morgan fingerprint density at radius 3 is 3.23 bits per heavy atom. The van der Waals surface area contributed by atoms with Crippen molar-refractivity contribution in [3.8, 4) is 0 Å². The minimum Gasteiger partial charge on any atom is -0.390 e. The summed E-state index contributed by atoms with van der Waals surface area (Å²) in [6.45, 7) is 0.0546. The van der Waals surface area contributed by atoms with Gasteiger partial charge < -0.3 is 5.11 Å². The lowest BCUT2D eigenvalue weighted by Crippen LogP contribution is -2.15. The van der Waals surface area contributed by atoms with E-state index in [-0.39, 0.29) is 6.61 Å². The fraction of sp³-hybridized carbons (Fsp3) is 0.364. The van der Waals surface area contributed by atoms with E-state index in [9.17, 15) is 0 Å². The SMILES string of the molecule is OCc1ccc2c(n1)C1CCC=C21. The summed E-state index contributed by atoms with van der Waals surface area (Å²) in [5.41, 5.74) is 4.78. The molecule has 1 atom stereocenters. The van der Waals surface area contributed by atoms with Crippen molar-refractivity contribution in [3.63, 3.8) is 0 Å². The highest BCUT2D eigenvalue weighted by molar-refractivity contribution is 5.84. The molecule has 2 aliphatic rings. The number of hydrogen-bond donors (Lipinski definition) is 1. The molecule has 0 aromatic carbocycles. The first-order valence-corrected chi connectivity index (χ1v) is 4.71. The molecule has 66 valence electrons. The van der Waals surface area contributed by atoms with Crippen LogP contribution in [-0.2, 0) is 6.61 Å². The Hall–Kier alpha value is -1.15. The normalized spacial score (nSPS) is 23.2. The standard InChI is InChI=1S/C11H11NO/c13-6-7-4-5-10-8-2-1-3-9(8)11(10)12-7/h2,4-5,9,13H,1,3,6H2. The number of pyridine rings is 1. The Labute approximate surface area is 76.9 Å². The molecule has 2 nitrogen and oxygen atoms in total. The zero-order valence-corrected chi connectivity index (χ0v) is 7.33. The van der Waals surface area contributed by atoms with Gasteiger partial charge >= 0.3 is 0 Å². The van der Waals surface area contributed by atoms with Gasteiger partial charge in [0.1, 0.15) is 0 Å². The van der Waals surface area contributed by atoms with Crippen molar-refractivity contribution in [2.24, 2.45) is 0 Å². The maximum absolute atomic E-state index is 8.94. The van der Waals surface area contributed by atoms with Crippen molar-refractivity contribution in [2.45, 2.75) is 25.4 Å². The second kappa shape index (κ2) is 2.42. The monoisotopic (exact) mass is 173 g/mol. The molecule has 1 aromatic heterocycles. The summed E-state index contributed by atoms with van der Waals surface area (Å²) in [5.74, 6) is 0.585. The zero-order chi connectivity index (χ0) is 8.84. The summed E-state index contributed by atoms with van der Waals surface area (Å²) in [6, 6.07) is 4.00. The van der Waals surface area contributed by atoms with Gasteiger partial charge in [0.25, 0.3) is 0 Å². The topological polar surface area (TPSA) is 33.1 Å². The lowest BCUT2D eigenvalue weighted by atomic mass is 9.78. The van der Waals surface area contributed by atoms with Gasteiger partial charge in [-0.1, -0.05) is 12.1 Å². The van der Waals surface area contributed by atoms with Gasteiger partial charge in [-0.05, 0) is 24.5 Å². The molecular formula is C11H11NO. The predicted octanol–water partition coefficient (Wildman–Crippen LogP) is 1.85. The van der Waals surface area contributed by atoms with Crippen LogP contribution in [0.3, 0.4) is 0 Å². The third-order valence-corrected chi connectivity index (χ3v) is 2.98. The molecule has 1 aromatic rings. The van der Waals surface area contributed by atoms with Crippen LogP contribution in [0.15, 0.2) is 18.2 Å². The van der Waals surface area contributed by atoms with E-state index in [4.69, 9.17) is 5.11 Å². The lowest BCUT2D eigenvalue weighted by Gasteiger charge is -2.28. The van der Waals surface area contributed by atoms with Crippen molar-refractivity contribution >= 4 is 5.57 Å². The minimum atomic E-state index is 0.0546. The number of aliphatic hydroxyl groups is 1. The van der Waals surface area contributed by atoms with E-state index in [1.54, 1.807) is 0 Å². The van der Waals surface area contributed by atoms with Gasteiger partial charge in [-0.2, -0.15) is 0 Å². The third-order valence-electron chi connectivity index (χ3n) is 2.98. The van der Waals surface area contributed by atoms with Crippen LogP contribution in [0.25, 0.3) is 5.57 Å². The summed E-state index contributed by atoms with van der Waals surface area (Å²) in [7, 11) is 0. The molecule has 1 heterocycles. The summed E-state index contributed by atoms with van der Waals surface area (Å²) in [5, 5.41) is 8.94. The van der Waals surface area contributed by atoms with Crippen LogP contribution in [0.4, 0.5) is 0 Å². The van der Waals surface area contributed by atoms with E-state index >= 15 is 0 Å². The Bertz CT molecular complexity index is 395. The van der Waals surface area contributed by atoms with Crippen LogP contribution >= 0.6 is 0 Å². The molecule has 2 heteroatoms. The summed E-state index contributed by atoms with van der Waals surface area (Å²) in [6.07, 6.45) is 4.71. The fourth-order valence-corrected chi connectivity index (χ4v) is 2.32. The van der Waals surface area contributed by atoms with Crippen molar-refractivity contribution in [2.75, 3.05) is 0 Å². The number of nitrogens with zero attached hydrogens (tertiary/aromatic N) is 1. The summed E-state index contributed by atoms with van der Waals surface area (Å²) >= 11 is 0. The molecule has 0 radical (unpaired) electrons. The lowest BCUT2D eigenvalue weighted by molar-refractivity contribution is 0.276. The van der Waals surface area contributed by atoms with Gasteiger partial charge in [0, 0.05) is 11.5 Å². The van der Waals surface area contributed by atoms with Crippen LogP contribution in [0, 0.1) is 0 Å². The molecule has 2 aliphatic carbocycles. The summed E-state index contributed by atoms with van der Waals surface area (Å²) in [4.78, 5) is 4.43. The van der Waals surface area contributed by atoms with Crippen molar-refractivity contribution in [3.05, 3.63) is 35.2 Å². The number of allylic oxidation sites excluding steroid dienone is 2. The second-order valence-electron chi connectivity index (χ2n) is 3.68. The number of fused-ring (bicyclic) bond motifs is 4. The first-order chi connectivity index (χ1) is 6.40. The van der Waals surface area contributed by atoms with E-state index in [1.807, 2.05) is 6.07 Å². The third kappa shape index (κ3) is 0.838. The van der Waals surface area contributed by atoms with E-state index < -0.39 is 0 Å². The van der Waals surface area contributed by atoms with E-state index in [2.05, 4.69) is 17.1 Å². The Kier molecular flexibility index (Phi) is 1.35. The predicted molar refractivity (Wildman–Crippen MR) is 50.1 cm³/mol. The maximum Gasteiger partial charge on any atom is 0.0853 e. The Morgan fingerprint density at radius 2 is 2.38 bits per heavy atom. The van der Waals surface area contributed by atoms with Crippen LogP contribution in [-0.4, -0.2) is 10.1 Å². The molecule has 0 saturated carbocycles. The largest absolute Gasteiger partial charge is 0.390 e. The van der Waals surface area contributed by atoms with Crippen molar-refractivity contribution in [1.29, 1.82) is 0 Å². The molecule has 0 spiro atoms. The smallest absolute Gasteiger partial charge is 0.0853 e. The first kappa shape index (κ1) is 7.27. The zero-order valence-electron chi connectivity index (χ0n) is 7.33. The highest BCUT2D eigenvalue weighted by Gasteiger charge is 2.35. The molecule has 1 N–H and O–H groups in total. The molecule has 0 fully saturated rings. The average molecular weight is 173 g/mol. The van der Waals surface area contributed by atoms with E-state index in [0.717, 1.165) is 5.69 Å². The first-order valence-electron chi connectivity index (χ1n) is 4.71. The van der Waals surface area contributed by atoms with E-state index in [1.165, 1.54) is 29.7 Å². The molecule has 13 heavy (non-hydrogen) atoms. The minimum absolute atomic E-state index is 0.0546. The molecule has 0 amide bonds. The fourth-order valence-electron chi connectivity index (χ4n) is 2.32. The van der Waals surface area contributed by atoms with Crippen molar-refractivity contribution in [1.82, 2.24) is 4.98 Å². The molecule has 0 aliphatic heterocycles. The number of rotatable bonds is 1. The quantitative estimate of drug-likeness (QED) is 0.703. The van der Waals surface area contributed by atoms with Crippen LogP contribution in [0.1, 0.15) is 35.7 Å². The molecular weight excluding hydrogens is 162 g/mol. The van der Waals surface area contributed by atoms with Gasteiger partial charge in [-0.15, -0.1) is 0 Å². The van der Waals surface area contributed by atoms with Crippen LogP contribution < -0.4 is 0 Å². The van der Waals surface area contributed by atoms with Gasteiger partial charge in [-0.25, -0.2) is 0 Å². The highest BCUT2D eigenvalue weighted by atomic mass is 16.3. The van der Waals surface area contributed by atoms with Crippen LogP contribution in [0.2, 0.25) is 0 Å². The Morgan fingerprint density at radius 1 is 1.46 bits per heavy atom. The molecule has 1 unspecified atom stereocenters. The van der Waals surface area contributed by atoms with Gasteiger partial charge in [0.05, 0.1) is 18.0 Å². The molecule has 0 bridgehead atoms. The average Bonchev–Trinajstić information content (AvgIpc) is 2.57.